The minimum Gasteiger partial charge on any atom is -0.330 e. The van der Waals surface area contributed by atoms with Gasteiger partial charge in [-0.25, -0.2) is 0 Å². The Labute approximate surface area is 230 Å². The van der Waals surface area contributed by atoms with Gasteiger partial charge in [-0.1, -0.05) is 180 Å². The molecule has 0 aromatic rings. The second-order valence-electron chi connectivity index (χ2n) is 11.8. The van der Waals surface area contributed by atoms with Crippen molar-refractivity contribution >= 4 is 0 Å². The lowest BCUT2D eigenvalue weighted by Gasteiger charge is -2.06. The molecule has 218 valence electrons. The van der Waals surface area contributed by atoms with Crippen molar-refractivity contribution in [3.63, 3.8) is 0 Å². The molecule has 0 rings (SSSR count). The molecule has 0 aliphatic carbocycles. The number of unbranched alkanes of at least 4 members (excludes halogenated alkanes) is 28. The standard InChI is InChI=1S/C34H72N2/c1-2-3-4-5-6-7-8-9-15-18-21-24-27-30-33-36-34-31-28-25-22-19-16-13-11-10-12-14-17-20-23-26-29-32-35/h36H,2-35H2,1H3. The van der Waals surface area contributed by atoms with Crippen LogP contribution in [0.3, 0.4) is 0 Å². The molecule has 0 aromatic carbocycles. The van der Waals surface area contributed by atoms with Crippen LogP contribution >= 0.6 is 0 Å². The maximum atomic E-state index is 5.54. The van der Waals surface area contributed by atoms with Gasteiger partial charge < -0.3 is 11.1 Å². The van der Waals surface area contributed by atoms with Gasteiger partial charge in [-0.05, 0) is 38.9 Å². The minimum absolute atomic E-state index is 0.872. The molecule has 0 saturated heterocycles. The average molecular weight is 509 g/mol. The summed E-state index contributed by atoms with van der Waals surface area (Å²) in [6.07, 6.45) is 43.1. The Morgan fingerprint density at radius 1 is 0.306 bits per heavy atom. The summed E-state index contributed by atoms with van der Waals surface area (Å²) in [5.74, 6) is 0. The molecule has 0 heterocycles. The smallest absolute Gasteiger partial charge is 0.00489 e. The van der Waals surface area contributed by atoms with Gasteiger partial charge in [0.15, 0.2) is 0 Å². The topological polar surface area (TPSA) is 38.0 Å². The highest BCUT2D eigenvalue weighted by molar-refractivity contribution is 4.54. The first-order valence-corrected chi connectivity index (χ1v) is 17.3. The van der Waals surface area contributed by atoms with Crippen LogP contribution in [0.15, 0.2) is 0 Å². The van der Waals surface area contributed by atoms with E-state index in [1.165, 1.54) is 206 Å². The number of hydrogen-bond acceptors (Lipinski definition) is 2. The van der Waals surface area contributed by atoms with Gasteiger partial charge in [-0.2, -0.15) is 0 Å². The largest absolute Gasteiger partial charge is 0.330 e. The molecule has 0 fully saturated rings. The van der Waals surface area contributed by atoms with Crippen molar-refractivity contribution in [2.24, 2.45) is 5.73 Å². The zero-order valence-electron chi connectivity index (χ0n) is 25.4. The van der Waals surface area contributed by atoms with Gasteiger partial charge in [0.1, 0.15) is 0 Å². The fraction of sp³-hybridized carbons (Fsp3) is 1.00. The van der Waals surface area contributed by atoms with E-state index in [9.17, 15) is 0 Å². The molecular weight excluding hydrogens is 436 g/mol. The van der Waals surface area contributed by atoms with Crippen molar-refractivity contribution in [3.05, 3.63) is 0 Å². The third-order valence-corrected chi connectivity index (χ3v) is 8.01. The number of nitrogens with one attached hydrogen (secondary N) is 1. The lowest BCUT2D eigenvalue weighted by atomic mass is 10.0. The van der Waals surface area contributed by atoms with Crippen LogP contribution in [0, 0.1) is 0 Å². The Kier molecular flexibility index (Phi) is 34.8. The molecule has 0 aliphatic heterocycles. The predicted molar refractivity (Wildman–Crippen MR) is 166 cm³/mol. The van der Waals surface area contributed by atoms with E-state index in [-0.39, 0.29) is 0 Å². The highest BCUT2D eigenvalue weighted by atomic mass is 14.8. The van der Waals surface area contributed by atoms with Crippen molar-refractivity contribution in [2.45, 2.75) is 200 Å². The second kappa shape index (κ2) is 34.9. The summed E-state index contributed by atoms with van der Waals surface area (Å²) in [5, 5.41) is 3.68. The van der Waals surface area contributed by atoms with Crippen LogP contribution in [0.25, 0.3) is 0 Å². The van der Waals surface area contributed by atoms with E-state index in [1.54, 1.807) is 0 Å². The maximum Gasteiger partial charge on any atom is -0.00489 e. The lowest BCUT2D eigenvalue weighted by molar-refractivity contribution is 0.516. The number of nitrogens with two attached hydrogens (primary N) is 1. The predicted octanol–water partition coefficient (Wildman–Crippen LogP) is 11.3. The molecule has 0 aromatic heterocycles. The van der Waals surface area contributed by atoms with Gasteiger partial charge in [0.25, 0.3) is 0 Å². The molecule has 0 radical (unpaired) electrons. The Morgan fingerprint density at radius 2 is 0.528 bits per heavy atom. The molecule has 0 spiro atoms. The molecule has 0 unspecified atom stereocenters. The molecular formula is C34H72N2. The van der Waals surface area contributed by atoms with E-state index in [0.29, 0.717) is 0 Å². The van der Waals surface area contributed by atoms with E-state index in [2.05, 4.69) is 12.2 Å². The lowest BCUT2D eigenvalue weighted by Crippen LogP contribution is -2.16. The summed E-state index contributed by atoms with van der Waals surface area (Å²) in [6, 6.07) is 0. The van der Waals surface area contributed by atoms with E-state index in [0.717, 1.165) is 6.54 Å². The van der Waals surface area contributed by atoms with Crippen molar-refractivity contribution < 1.29 is 0 Å². The van der Waals surface area contributed by atoms with Gasteiger partial charge in [0.05, 0.1) is 0 Å². The zero-order valence-corrected chi connectivity index (χ0v) is 25.4. The van der Waals surface area contributed by atoms with E-state index < -0.39 is 0 Å². The highest BCUT2D eigenvalue weighted by Gasteiger charge is 1.96. The molecule has 0 atom stereocenters. The minimum atomic E-state index is 0.872. The van der Waals surface area contributed by atoms with Gasteiger partial charge in [-0.3, -0.25) is 0 Å². The normalized spacial score (nSPS) is 11.5. The molecule has 2 nitrogen and oxygen atoms in total. The third kappa shape index (κ3) is 33.9. The van der Waals surface area contributed by atoms with Gasteiger partial charge >= 0.3 is 0 Å². The molecule has 3 N–H and O–H groups in total. The molecule has 0 amide bonds. The monoisotopic (exact) mass is 509 g/mol. The summed E-state index contributed by atoms with van der Waals surface area (Å²) < 4.78 is 0. The van der Waals surface area contributed by atoms with E-state index in [4.69, 9.17) is 5.73 Å². The van der Waals surface area contributed by atoms with Crippen molar-refractivity contribution in [1.82, 2.24) is 5.32 Å². The quantitative estimate of drug-likeness (QED) is 0.0865. The fourth-order valence-corrected chi connectivity index (χ4v) is 5.44. The highest BCUT2D eigenvalue weighted by Crippen LogP contribution is 2.14. The Hall–Kier alpha value is -0.0800. The van der Waals surface area contributed by atoms with E-state index in [1.807, 2.05) is 0 Å². The van der Waals surface area contributed by atoms with Crippen LogP contribution in [0.5, 0.6) is 0 Å². The summed E-state index contributed by atoms with van der Waals surface area (Å²) >= 11 is 0. The number of hydrogen-bond donors (Lipinski definition) is 2. The van der Waals surface area contributed by atoms with Crippen LogP contribution < -0.4 is 11.1 Å². The summed E-state index contributed by atoms with van der Waals surface area (Å²) in [4.78, 5) is 0. The molecule has 0 aliphatic rings. The second-order valence-corrected chi connectivity index (χ2v) is 11.8. The fourth-order valence-electron chi connectivity index (χ4n) is 5.44. The molecule has 2 heteroatoms. The van der Waals surface area contributed by atoms with E-state index >= 15 is 0 Å². The Balaban J connectivity index is 3.00. The average Bonchev–Trinajstić information content (AvgIpc) is 2.89. The first kappa shape index (κ1) is 35.9. The van der Waals surface area contributed by atoms with Crippen LogP contribution in [-0.4, -0.2) is 19.6 Å². The van der Waals surface area contributed by atoms with Crippen LogP contribution in [0.2, 0.25) is 0 Å². The first-order chi connectivity index (χ1) is 17.9. The SMILES string of the molecule is CCCCCCCCCCCCCCCCNCCCCCCCCCCCCCCCCCCN. The van der Waals surface area contributed by atoms with Crippen molar-refractivity contribution in [3.8, 4) is 0 Å². The van der Waals surface area contributed by atoms with Crippen molar-refractivity contribution in [1.29, 1.82) is 0 Å². The van der Waals surface area contributed by atoms with Crippen LogP contribution in [0.1, 0.15) is 200 Å². The zero-order chi connectivity index (χ0) is 26.0. The number of rotatable bonds is 33. The van der Waals surface area contributed by atoms with Gasteiger partial charge in [0, 0.05) is 0 Å². The first-order valence-electron chi connectivity index (χ1n) is 17.3. The van der Waals surface area contributed by atoms with Crippen molar-refractivity contribution in [2.75, 3.05) is 19.6 Å². The summed E-state index contributed by atoms with van der Waals surface area (Å²) in [5.41, 5.74) is 5.54. The summed E-state index contributed by atoms with van der Waals surface area (Å²) in [7, 11) is 0. The molecule has 0 saturated carbocycles. The van der Waals surface area contributed by atoms with Crippen LogP contribution in [-0.2, 0) is 0 Å². The maximum absolute atomic E-state index is 5.54. The summed E-state index contributed by atoms with van der Waals surface area (Å²) in [6.45, 7) is 5.66. The van der Waals surface area contributed by atoms with Gasteiger partial charge in [-0.15, -0.1) is 0 Å². The Bertz CT molecular complexity index is 323. The Morgan fingerprint density at radius 3 is 0.778 bits per heavy atom. The molecule has 0 bridgehead atoms. The van der Waals surface area contributed by atoms with Gasteiger partial charge in [0.2, 0.25) is 0 Å². The van der Waals surface area contributed by atoms with Crippen LogP contribution in [0.4, 0.5) is 0 Å². The third-order valence-electron chi connectivity index (χ3n) is 8.01. The molecule has 36 heavy (non-hydrogen) atoms.